The fourth-order valence-electron chi connectivity index (χ4n) is 4.17. The van der Waals surface area contributed by atoms with E-state index in [4.69, 9.17) is 9.47 Å². The standard InChI is InChI=1S/C24H22FNO2/c1-27-22-3-2-14-26-24(22)19-10-12-20(25)23-18(19)11-13-21(23)28-17-8-6-16(7-9-17)15-4-5-15/h2-3,6-10,12,14-15,21H,4-5,11,13H2,1H3. The maximum Gasteiger partial charge on any atom is 0.145 e. The Hall–Kier alpha value is -2.88. The molecule has 142 valence electrons. The molecular formula is C24H22FNO2. The Kier molecular flexibility index (Phi) is 4.27. The second kappa shape index (κ2) is 6.93. The number of benzene rings is 2. The number of rotatable bonds is 5. The number of hydrogen-bond acceptors (Lipinski definition) is 3. The van der Waals surface area contributed by atoms with Crippen LogP contribution >= 0.6 is 0 Å². The zero-order valence-corrected chi connectivity index (χ0v) is 15.8. The summed E-state index contributed by atoms with van der Waals surface area (Å²) >= 11 is 0. The molecule has 2 aromatic carbocycles. The van der Waals surface area contributed by atoms with Crippen molar-refractivity contribution in [3.63, 3.8) is 0 Å². The molecule has 1 heterocycles. The van der Waals surface area contributed by atoms with Crippen LogP contribution < -0.4 is 9.47 Å². The zero-order chi connectivity index (χ0) is 19.1. The summed E-state index contributed by atoms with van der Waals surface area (Å²) in [6, 6.07) is 15.3. The van der Waals surface area contributed by atoms with E-state index in [9.17, 15) is 4.39 Å². The van der Waals surface area contributed by atoms with Gasteiger partial charge < -0.3 is 9.47 Å². The fraction of sp³-hybridized carbons (Fsp3) is 0.292. The van der Waals surface area contributed by atoms with Gasteiger partial charge in [0.25, 0.3) is 0 Å². The third-order valence-electron chi connectivity index (χ3n) is 5.74. The van der Waals surface area contributed by atoms with Crippen LogP contribution in [-0.2, 0) is 6.42 Å². The smallest absolute Gasteiger partial charge is 0.145 e. The van der Waals surface area contributed by atoms with Gasteiger partial charge in [0.05, 0.1) is 7.11 Å². The van der Waals surface area contributed by atoms with Crippen molar-refractivity contribution in [3.8, 4) is 22.8 Å². The Morgan fingerprint density at radius 3 is 2.57 bits per heavy atom. The Morgan fingerprint density at radius 1 is 1.00 bits per heavy atom. The van der Waals surface area contributed by atoms with Crippen LogP contribution in [0, 0.1) is 5.82 Å². The minimum atomic E-state index is -0.281. The van der Waals surface area contributed by atoms with E-state index >= 15 is 0 Å². The predicted molar refractivity (Wildman–Crippen MR) is 106 cm³/mol. The Morgan fingerprint density at radius 2 is 1.82 bits per heavy atom. The number of pyridine rings is 1. The highest BCUT2D eigenvalue weighted by atomic mass is 19.1. The van der Waals surface area contributed by atoms with Crippen LogP contribution in [0.2, 0.25) is 0 Å². The Balaban J connectivity index is 1.47. The summed E-state index contributed by atoms with van der Waals surface area (Å²) in [6.07, 6.45) is 5.52. The molecule has 0 spiro atoms. The predicted octanol–water partition coefficient (Wildman–Crippen LogP) is 5.84. The van der Waals surface area contributed by atoms with Crippen LogP contribution in [0.25, 0.3) is 11.3 Å². The molecule has 4 heteroatoms. The zero-order valence-electron chi connectivity index (χ0n) is 15.8. The molecule has 0 aliphatic heterocycles. The van der Waals surface area contributed by atoms with Crippen LogP contribution in [-0.4, -0.2) is 12.1 Å². The van der Waals surface area contributed by atoms with Crippen LogP contribution in [0.1, 0.15) is 48.0 Å². The first-order chi connectivity index (χ1) is 13.7. The lowest BCUT2D eigenvalue weighted by atomic mass is 9.99. The summed E-state index contributed by atoms with van der Waals surface area (Å²) in [4.78, 5) is 4.48. The molecule has 0 radical (unpaired) electrons. The van der Waals surface area contributed by atoms with Crippen LogP contribution in [0.15, 0.2) is 54.7 Å². The van der Waals surface area contributed by atoms with Gasteiger partial charge >= 0.3 is 0 Å². The molecule has 1 unspecified atom stereocenters. The number of halogens is 1. The second-order valence-electron chi connectivity index (χ2n) is 7.53. The van der Waals surface area contributed by atoms with E-state index in [1.54, 1.807) is 19.4 Å². The molecule has 0 amide bonds. The molecular weight excluding hydrogens is 353 g/mol. The molecule has 0 N–H and O–H groups in total. The first-order valence-electron chi connectivity index (χ1n) is 9.82. The third-order valence-corrected chi connectivity index (χ3v) is 5.74. The van der Waals surface area contributed by atoms with Crippen molar-refractivity contribution >= 4 is 0 Å². The van der Waals surface area contributed by atoms with Gasteiger partial charge in [0.2, 0.25) is 0 Å². The number of ether oxygens (including phenoxy) is 2. The summed E-state index contributed by atoms with van der Waals surface area (Å²) < 4.78 is 26.4. The number of aromatic nitrogens is 1. The molecule has 0 saturated heterocycles. The van der Waals surface area contributed by atoms with Gasteiger partial charge in [-0.3, -0.25) is 4.98 Å². The van der Waals surface area contributed by atoms with Crippen molar-refractivity contribution in [2.75, 3.05) is 7.11 Å². The highest BCUT2D eigenvalue weighted by Gasteiger charge is 2.31. The van der Waals surface area contributed by atoms with Gasteiger partial charge in [-0.15, -0.1) is 0 Å². The molecule has 28 heavy (non-hydrogen) atoms. The van der Waals surface area contributed by atoms with Crippen molar-refractivity contribution < 1.29 is 13.9 Å². The Labute approximate surface area is 164 Å². The number of nitrogens with zero attached hydrogens (tertiary/aromatic N) is 1. The highest BCUT2D eigenvalue weighted by molar-refractivity contribution is 5.72. The normalized spacial score (nSPS) is 18.0. The van der Waals surface area contributed by atoms with E-state index in [-0.39, 0.29) is 11.9 Å². The van der Waals surface area contributed by atoms with Gasteiger partial charge in [0.15, 0.2) is 0 Å². The molecule has 1 aromatic heterocycles. The average Bonchev–Trinajstić information content (AvgIpc) is 3.50. The molecule has 1 fully saturated rings. The average molecular weight is 375 g/mol. The van der Waals surface area contributed by atoms with Crippen molar-refractivity contribution in [1.82, 2.24) is 4.98 Å². The maximum atomic E-state index is 14.8. The van der Waals surface area contributed by atoms with Crippen molar-refractivity contribution in [2.24, 2.45) is 0 Å². The molecule has 0 bridgehead atoms. The number of fused-ring (bicyclic) bond motifs is 1. The molecule has 2 aliphatic rings. The maximum absolute atomic E-state index is 14.8. The quantitative estimate of drug-likeness (QED) is 0.561. The van der Waals surface area contributed by atoms with Gasteiger partial charge in [-0.2, -0.15) is 0 Å². The van der Waals surface area contributed by atoms with Gasteiger partial charge in [0.1, 0.15) is 29.1 Å². The van der Waals surface area contributed by atoms with Crippen LogP contribution in [0.5, 0.6) is 11.5 Å². The summed E-state index contributed by atoms with van der Waals surface area (Å²) in [5.41, 5.74) is 4.66. The number of methoxy groups -OCH3 is 1. The minimum Gasteiger partial charge on any atom is -0.494 e. The van der Waals surface area contributed by atoms with E-state index < -0.39 is 0 Å². The molecule has 5 rings (SSSR count). The topological polar surface area (TPSA) is 31.4 Å². The van der Waals surface area contributed by atoms with E-state index in [2.05, 4.69) is 17.1 Å². The van der Waals surface area contributed by atoms with Crippen LogP contribution in [0.3, 0.4) is 0 Å². The van der Waals surface area contributed by atoms with E-state index in [1.165, 1.54) is 24.5 Å². The molecule has 2 aliphatic carbocycles. The summed E-state index contributed by atoms with van der Waals surface area (Å²) in [5, 5.41) is 0. The third kappa shape index (κ3) is 3.03. The molecule has 3 aromatic rings. The molecule has 1 atom stereocenters. The monoisotopic (exact) mass is 375 g/mol. The van der Waals surface area contributed by atoms with Gasteiger partial charge in [0, 0.05) is 17.3 Å². The SMILES string of the molecule is COc1cccnc1-c1ccc(F)c2c1CCC2Oc1ccc(C2CC2)cc1. The van der Waals surface area contributed by atoms with Gasteiger partial charge in [-0.05, 0) is 79.1 Å². The summed E-state index contributed by atoms with van der Waals surface area (Å²) in [6.45, 7) is 0. The summed E-state index contributed by atoms with van der Waals surface area (Å²) in [5.74, 6) is 1.99. The summed E-state index contributed by atoms with van der Waals surface area (Å²) in [7, 11) is 1.63. The highest BCUT2D eigenvalue weighted by Crippen LogP contribution is 2.44. The fourth-order valence-corrected chi connectivity index (χ4v) is 4.17. The largest absolute Gasteiger partial charge is 0.494 e. The number of hydrogen-bond donors (Lipinski definition) is 0. The van der Waals surface area contributed by atoms with Crippen molar-refractivity contribution in [2.45, 2.75) is 37.7 Å². The van der Waals surface area contributed by atoms with E-state index in [0.29, 0.717) is 11.3 Å². The van der Waals surface area contributed by atoms with Crippen molar-refractivity contribution in [3.05, 3.63) is 77.2 Å². The van der Waals surface area contributed by atoms with Gasteiger partial charge in [-0.25, -0.2) is 4.39 Å². The lowest BCUT2D eigenvalue weighted by Gasteiger charge is -2.17. The first-order valence-corrected chi connectivity index (χ1v) is 9.82. The first kappa shape index (κ1) is 17.2. The van der Waals surface area contributed by atoms with E-state index in [1.807, 2.05) is 24.3 Å². The lowest BCUT2D eigenvalue weighted by molar-refractivity contribution is 0.203. The second-order valence-corrected chi connectivity index (χ2v) is 7.53. The van der Waals surface area contributed by atoms with Crippen molar-refractivity contribution in [1.29, 1.82) is 0 Å². The minimum absolute atomic E-state index is 0.217. The Bertz CT molecular complexity index is 1010. The molecule has 3 nitrogen and oxygen atoms in total. The van der Waals surface area contributed by atoms with Gasteiger partial charge in [-0.1, -0.05) is 12.1 Å². The van der Waals surface area contributed by atoms with Crippen LogP contribution in [0.4, 0.5) is 4.39 Å². The molecule has 1 saturated carbocycles. The van der Waals surface area contributed by atoms with E-state index in [0.717, 1.165) is 41.3 Å². The lowest BCUT2D eigenvalue weighted by Crippen LogP contribution is -2.06.